The van der Waals surface area contributed by atoms with Gasteiger partial charge in [-0.2, -0.15) is 0 Å². The highest BCUT2D eigenvalue weighted by molar-refractivity contribution is 7.61. The molecule has 9 nitrogen and oxygen atoms in total. The SMILES string of the molecule is O=P(O)(O)C(Cl)C(C(Cl)P(=O)(O)O)P(=O)(O)O. The van der Waals surface area contributed by atoms with E-state index in [4.69, 9.17) is 52.6 Å². The Morgan fingerprint density at radius 1 is 0.647 bits per heavy atom. The van der Waals surface area contributed by atoms with Gasteiger partial charge in [0.15, 0.2) is 10.2 Å². The lowest BCUT2D eigenvalue weighted by Gasteiger charge is -2.27. The molecule has 0 aliphatic rings. The largest absolute Gasteiger partial charge is 0.344 e. The molecule has 104 valence electrons. The summed E-state index contributed by atoms with van der Waals surface area (Å²) < 4.78 is 32.5. The standard InChI is InChI=1S/C3H9Cl2O9P3/c4-2(16(9,10)11)1(15(6,7)8)3(5)17(12,13)14/h1-3H,(H2,6,7,8)(H2,9,10,11)(H2,12,13,14). The van der Waals surface area contributed by atoms with Crippen LogP contribution in [0.15, 0.2) is 0 Å². The maximum Gasteiger partial charge on any atom is 0.344 e. The van der Waals surface area contributed by atoms with Gasteiger partial charge >= 0.3 is 22.8 Å². The van der Waals surface area contributed by atoms with Crippen LogP contribution in [0.4, 0.5) is 0 Å². The number of hydrogen-bond donors (Lipinski definition) is 6. The smallest absolute Gasteiger partial charge is 0.324 e. The Kier molecular flexibility index (Phi) is 5.91. The van der Waals surface area contributed by atoms with E-state index in [0.717, 1.165) is 0 Å². The fourth-order valence-electron chi connectivity index (χ4n) is 0.849. The van der Waals surface area contributed by atoms with Gasteiger partial charge in [-0.05, 0) is 0 Å². The Hall–Kier alpha value is 1.03. The maximum atomic E-state index is 10.9. The molecule has 0 aliphatic heterocycles. The molecule has 14 heteroatoms. The van der Waals surface area contributed by atoms with Gasteiger partial charge in [-0.3, -0.25) is 13.7 Å². The van der Waals surface area contributed by atoms with Gasteiger partial charge in [0.25, 0.3) is 0 Å². The van der Waals surface area contributed by atoms with Crippen LogP contribution in [0.3, 0.4) is 0 Å². The van der Waals surface area contributed by atoms with Crippen LogP contribution >= 0.6 is 46.0 Å². The first-order valence-electron chi connectivity index (χ1n) is 3.63. The molecule has 0 aromatic rings. The third-order valence-electron chi connectivity index (χ3n) is 1.59. The summed E-state index contributed by atoms with van der Waals surface area (Å²) in [4.78, 5) is 52.2. The maximum absolute atomic E-state index is 10.9. The van der Waals surface area contributed by atoms with Crippen LogP contribution in [0.2, 0.25) is 0 Å². The van der Waals surface area contributed by atoms with Gasteiger partial charge in [0, 0.05) is 0 Å². The van der Waals surface area contributed by atoms with Crippen molar-refractivity contribution in [1.29, 1.82) is 0 Å². The minimum Gasteiger partial charge on any atom is -0.324 e. The highest BCUT2D eigenvalue weighted by Gasteiger charge is 2.53. The van der Waals surface area contributed by atoms with Crippen molar-refractivity contribution in [3.05, 3.63) is 0 Å². The molecule has 2 unspecified atom stereocenters. The lowest BCUT2D eigenvalue weighted by molar-refractivity contribution is 0.332. The summed E-state index contributed by atoms with van der Waals surface area (Å²) in [5.74, 6) is 0. The molecule has 0 aromatic heterocycles. The van der Waals surface area contributed by atoms with Crippen molar-refractivity contribution in [3.63, 3.8) is 0 Å². The van der Waals surface area contributed by atoms with Gasteiger partial charge in [0.05, 0.1) is 0 Å². The number of halogens is 2. The summed E-state index contributed by atoms with van der Waals surface area (Å²) in [5.41, 5.74) is -2.58. The van der Waals surface area contributed by atoms with Crippen molar-refractivity contribution in [1.82, 2.24) is 0 Å². The Bertz CT molecular complexity index is 378. The zero-order chi connectivity index (χ0) is 14.2. The van der Waals surface area contributed by atoms with Crippen LogP contribution in [0.25, 0.3) is 0 Å². The molecule has 0 saturated heterocycles. The molecule has 0 bridgehead atoms. The van der Waals surface area contributed by atoms with Crippen molar-refractivity contribution < 1.29 is 43.1 Å². The average molecular weight is 353 g/mol. The average Bonchev–Trinajstić information content (AvgIpc) is 1.97. The fourth-order valence-corrected chi connectivity index (χ4v) is 6.30. The summed E-state index contributed by atoms with van der Waals surface area (Å²) in [5, 5.41) is -5.03. The molecule has 6 N–H and O–H groups in total. The minimum atomic E-state index is -5.33. The van der Waals surface area contributed by atoms with Crippen molar-refractivity contribution in [2.24, 2.45) is 0 Å². The second-order valence-electron chi connectivity index (χ2n) is 3.00. The number of alkyl halides is 2. The van der Waals surface area contributed by atoms with Crippen molar-refractivity contribution >= 4 is 46.0 Å². The molecule has 17 heavy (non-hydrogen) atoms. The molecule has 0 saturated carbocycles. The van der Waals surface area contributed by atoms with Crippen molar-refractivity contribution in [2.75, 3.05) is 0 Å². The molecule has 0 fully saturated rings. The first kappa shape index (κ1) is 18.0. The zero-order valence-corrected chi connectivity index (χ0v) is 11.9. The van der Waals surface area contributed by atoms with Crippen LogP contribution in [0, 0.1) is 0 Å². The first-order valence-corrected chi connectivity index (χ1v) is 9.54. The highest BCUT2D eigenvalue weighted by Crippen LogP contribution is 2.63. The zero-order valence-electron chi connectivity index (χ0n) is 7.74. The Morgan fingerprint density at radius 2 is 0.882 bits per heavy atom. The van der Waals surface area contributed by atoms with E-state index in [1.54, 1.807) is 0 Å². The minimum absolute atomic E-state index is 2.52. The van der Waals surface area contributed by atoms with Gasteiger partial charge in [-0.15, -0.1) is 23.2 Å². The second-order valence-corrected chi connectivity index (χ2v) is 9.80. The summed E-state index contributed by atoms with van der Waals surface area (Å²) in [7, 11) is -15.7. The lowest BCUT2D eigenvalue weighted by atomic mass is 10.5. The van der Waals surface area contributed by atoms with Crippen LogP contribution in [-0.4, -0.2) is 45.3 Å². The third-order valence-corrected chi connectivity index (χ3v) is 7.79. The second kappa shape index (κ2) is 5.57. The number of hydrogen-bond acceptors (Lipinski definition) is 3. The lowest BCUT2D eigenvalue weighted by Crippen LogP contribution is -2.31. The van der Waals surface area contributed by atoms with E-state index in [-0.39, 0.29) is 0 Å². The molecule has 0 rings (SSSR count). The van der Waals surface area contributed by atoms with E-state index < -0.39 is 38.7 Å². The quantitative estimate of drug-likeness (QED) is 0.294. The molecule has 0 radical (unpaired) electrons. The van der Waals surface area contributed by atoms with Crippen LogP contribution in [-0.2, 0) is 13.7 Å². The van der Waals surface area contributed by atoms with E-state index in [1.165, 1.54) is 0 Å². The molecule has 0 heterocycles. The molecule has 0 aliphatic carbocycles. The van der Waals surface area contributed by atoms with Gasteiger partial charge in [0.1, 0.15) is 5.66 Å². The van der Waals surface area contributed by atoms with E-state index >= 15 is 0 Å². The molecule has 0 aromatic carbocycles. The molecular formula is C3H9Cl2O9P3. The Morgan fingerprint density at radius 3 is 1.00 bits per heavy atom. The van der Waals surface area contributed by atoms with Crippen LogP contribution in [0.5, 0.6) is 0 Å². The van der Waals surface area contributed by atoms with E-state index in [9.17, 15) is 13.7 Å². The van der Waals surface area contributed by atoms with Crippen molar-refractivity contribution in [3.8, 4) is 0 Å². The highest BCUT2D eigenvalue weighted by atomic mass is 35.5. The predicted molar refractivity (Wildman–Crippen MR) is 59.2 cm³/mol. The van der Waals surface area contributed by atoms with E-state index in [1.807, 2.05) is 0 Å². The monoisotopic (exact) mass is 352 g/mol. The Labute approximate surface area is 105 Å². The van der Waals surface area contributed by atoms with Crippen LogP contribution in [0.1, 0.15) is 0 Å². The van der Waals surface area contributed by atoms with Crippen molar-refractivity contribution in [2.45, 2.75) is 15.9 Å². The molecule has 0 amide bonds. The van der Waals surface area contributed by atoms with Gasteiger partial charge < -0.3 is 29.4 Å². The van der Waals surface area contributed by atoms with Crippen LogP contribution < -0.4 is 0 Å². The first-order chi connectivity index (χ1) is 7.19. The summed E-state index contributed by atoms with van der Waals surface area (Å²) in [6, 6.07) is 0. The Balaban J connectivity index is 5.56. The third kappa shape index (κ3) is 5.27. The van der Waals surface area contributed by atoms with Gasteiger partial charge in [-0.1, -0.05) is 0 Å². The number of rotatable bonds is 5. The molecule has 2 atom stereocenters. The van der Waals surface area contributed by atoms with E-state index in [0.29, 0.717) is 0 Å². The fraction of sp³-hybridized carbons (Fsp3) is 1.00. The van der Waals surface area contributed by atoms with Gasteiger partial charge in [-0.25, -0.2) is 0 Å². The predicted octanol–water partition coefficient (Wildman–Crippen LogP) is 0.0179. The van der Waals surface area contributed by atoms with Gasteiger partial charge in [0.2, 0.25) is 0 Å². The normalized spacial score (nSPS) is 19.8. The summed E-state index contributed by atoms with van der Waals surface area (Å²) >= 11 is 10.3. The summed E-state index contributed by atoms with van der Waals surface area (Å²) in [6.45, 7) is 0. The summed E-state index contributed by atoms with van der Waals surface area (Å²) in [6.07, 6.45) is 0. The topological polar surface area (TPSA) is 173 Å². The molecular weight excluding hydrogens is 344 g/mol. The molecule has 0 spiro atoms. The van der Waals surface area contributed by atoms with E-state index in [2.05, 4.69) is 0 Å².